The topological polar surface area (TPSA) is 76.7 Å². The first-order valence-electron chi connectivity index (χ1n) is 8.36. The van der Waals surface area contributed by atoms with E-state index in [1.54, 1.807) is 7.05 Å². The van der Waals surface area contributed by atoms with Gasteiger partial charge < -0.3 is 11.1 Å². The van der Waals surface area contributed by atoms with E-state index in [1.165, 1.54) is 17.7 Å². The molecule has 0 bridgehead atoms. The summed E-state index contributed by atoms with van der Waals surface area (Å²) in [6.45, 7) is 0. The van der Waals surface area contributed by atoms with Crippen LogP contribution >= 0.6 is 11.3 Å². The standard InChI is InChI=1S/C18H16F3N5S/c1-23-16-15-18(25-7-24-16)27-17(26-15)8-2-3-9(14(22)4-8)10-5-12(20)13(21)6-11(10)19/h2,5-7,9,14H,3-4,22H2,1H3,(H,23,24,25)/t9-,14+/m1/s1. The maximum absolute atomic E-state index is 14.1. The van der Waals surface area contributed by atoms with Gasteiger partial charge in [-0.05, 0) is 30.0 Å². The molecule has 0 unspecified atom stereocenters. The summed E-state index contributed by atoms with van der Waals surface area (Å²) in [6, 6.07) is 1.04. The van der Waals surface area contributed by atoms with Gasteiger partial charge in [-0.2, -0.15) is 0 Å². The fourth-order valence-corrected chi connectivity index (χ4v) is 4.31. The maximum Gasteiger partial charge on any atom is 0.161 e. The number of allylic oxidation sites excluding steroid dienone is 1. The molecule has 1 aromatic carbocycles. The molecule has 0 radical (unpaired) electrons. The molecule has 2 heterocycles. The summed E-state index contributed by atoms with van der Waals surface area (Å²) < 4.78 is 40.9. The lowest BCUT2D eigenvalue weighted by atomic mass is 9.81. The van der Waals surface area contributed by atoms with Crippen LogP contribution in [0.3, 0.4) is 0 Å². The average Bonchev–Trinajstić information content (AvgIpc) is 3.09. The summed E-state index contributed by atoms with van der Waals surface area (Å²) >= 11 is 1.43. The summed E-state index contributed by atoms with van der Waals surface area (Å²) in [4.78, 5) is 13.7. The van der Waals surface area contributed by atoms with Crippen molar-refractivity contribution in [2.45, 2.75) is 24.8 Å². The highest BCUT2D eigenvalue weighted by Gasteiger charge is 2.29. The van der Waals surface area contributed by atoms with Crippen molar-refractivity contribution < 1.29 is 13.2 Å². The quantitative estimate of drug-likeness (QED) is 0.664. The van der Waals surface area contributed by atoms with Crippen molar-refractivity contribution in [3.05, 3.63) is 52.6 Å². The Labute approximate surface area is 157 Å². The summed E-state index contributed by atoms with van der Waals surface area (Å²) in [6.07, 6.45) is 4.27. The first-order valence-corrected chi connectivity index (χ1v) is 9.18. The lowest BCUT2D eigenvalue weighted by Gasteiger charge is -2.28. The zero-order valence-corrected chi connectivity index (χ0v) is 15.2. The van der Waals surface area contributed by atoms with Crippen LogP contribution in [0.4, 0.5) is 19.0 Å². The fourth-order valence-electron chi connectivity index (χ4n) is 3.35. The predicted octanol–water partition coefficient (Wildman–Crippen LogP) is 3.83. The number of benzene rings is 1. The van der Waals surface area contributed by atoms with Crippen molar-refractivity contribution in [2.24, 2.45) is 5.73 Å². The minimum atomic E-state index is -1.20. The number of thiazole rings is 1. The van der Waals surface area contributed by atoms with E-state index in [-0.39, 0.29) is 5.56 Å². The van der Waals surface area contributed by atoms with Crippen LogP contribution in [-0.4, -0.2) is 28.0 Å². The molecule has 1 aliphatic rings. The molecule has 27 heavy (non-hydrogen) atoms. The first-order chi connectivity index (χ1) is 13.0. The van der Waals surface area contributed by atoms with E-state index >= 15 is 0 Å². The summed E-state index contributed by atoms with van der Waals surface area (Å²) in [5.41, 5.74) is 7.98. The van der Waals surface area contributed by atoms with Gasteiger partial charge in [-0.1, -0.05) is 17.4 Å². The van der Waals surface area contributed by atoms with Gasteiger partial charge in [0.15, 0.2) is 17.5 Å². The van der Waals surface area contributed by atoms with E-state index in [0.717, 1.165) is 21.5 Å². The molecule has 0 aliphatic heterocycles. The van der Waals surface area contributed by atoms with Gasteiger partial charge >= 0.3 is 0 Å². The molecule has 5 nitrogen and oxygen atoms in total. The molecule has 3 N–H and O–H groups in total. The van der Waals surface area contributed by atoms with Crippen LogP contribution in [0, 0.1) is 17.5 Å². The van der Waals surface area contributed by atoms with Crippen molar-refractivity contribution in [3.8, 4) is 0 Å². The number of halogens is 3. The highest BCUT2D eigenvalue weighted by Crippen LogP contribution is 2.39. The van der Waals surface area contributed by atoms with Gasteiger partial charge in [0.05, 0.1) is 0 Å². The zero-order valence-electron chi connectivity index (χ0n) is 14.3. The highest BCUT2D eigenvalue weighted by atomic mass is 32.1. The second-order valence-electron chi connectivity index (χ2n) is 6.37. The van der Waals surface area contributed by atoms with Gasteiger partial charge in [-0.15, -0.1) is 0 Å². The highest BCUT2D eigenvalue weighted by molar-refractivity contribution is 7.19. The smallest absolute Gasteiger partial charge is 0.161 e. The summed E-state index contributed by atoms with van der Waals surface area (Å²) in [7, 11) is 1.76. The van der Waals surface area contributed by atoms with Gasteiger partial charge in [0, 0.05) is 25.1 Å². The molecule has 2 aromatic heterocycles. The van der Waals surface area contributed by atoms with Crippen molar-refractivity contribution in [1.29, 1.82) is 0 Å². The Balaban J connectivity index is 1.66. The molecule has 1 aliphatic carbocycles. The Bertz CT molecular complexity index is 1050. The minimum absolute atomic E-state index is 0.101. The summed E-state index contributed by atoms with van der Waals surface area (Å²) in [5.74, 6) is -2.83. The van der Waals surface area contributed by atoms with Gasteiger partial charge in [0.2, 0.25) is 0 Å². The first kappa shape index (κ1) is 17.9. The molecule has 0 saturated carbocycles. The van der Waals surface area contributed by atoms with E-state index < -0.39 is 29.4 Å². The largest absolute Gasteiger partial charge is 0.371 e. The fraction of sp³-hybridized carbons (Fsp3) is 0.278. The van der Waals surface area contributed by atoms with E-state index in [0.29, 0.717) is 30.2 Å². The number of hydrogen-bond acceptors (Lipinski definition) is 6. The monoisotopic (exact) mass is 391 g/mol. The lowest BCUT2D eigenvalue weighted by molar-refractivity contribution is 0.463. The molecule has 0 saturated heterocycles. The Morgan fingerprint density at radius 3 is 2.67 bits per heavy atom. The van der Waals surface area contributed by atoms with Crippen LogP contribution in [0.25, 0.3) is 15.9 Å². The van der Waals surface area contributed by atoms with Crippen molar-refractivity contribution in [3.63, 3.8) is 0 Å². The van der Waals surface area contributed by atoms with Crippen molar-refractivity contribution >= 4 is 33.1 Å². The number of aromatic nitrogens is 3. The minimum Gasteiger partial charge on any atom is -0.371 e. The van der Waals surface area contributed by atoms with Crippen LogP contribution in [0.1, 0.15) is 29.3 Å². The number of rotatable bonds is 3. The van der Waals surface area contributed by atoms with Gasteiger partial charge in [-0.3, -0.25) is 0 Å². The Morgan fingerprint density at radius 2 is 1.93 bits per heavy atom. The maximum atomic E-state index is 14.1. The third-order valence-corrected chi connectivity index (χ3v) is 5.78. The summed E-state index contributed by atoms with van der Waals surface area (Å²) in [5, 5.41) is 3.76. The van der Waals surface area contributed by atoms with Crippen LogP contribution in [0.15, 0.2) is 24.5 Å². The van der Waals surface area contributed by atoms with E-state index in [2.05, 4.69) is 20.3 Å². The third-order valence-electron chi connectivity index (χ3n) is 4.74. The molecule has 140 valence electrons. The SMILES string of the molecule is CNc1ncnc2sc(C3=CC[C@H](c4cc(F)c(F)cc4F)[C@@H](N)C3)nc12. The number of hydrogen-bond donors (Lipinski definition) is 2. The van der Waals surface area contributed by atoms with Crippen LogP contribution in [0.5, 0.6) is 0 Å². The molecule has 0 spiro atoms. The van der Waals surface area contributed by atoms with Crippen molar-refractivity contribution in [1.82, 2.24) is 15.0 Å². The normalized spacial score (nSPS) is 20.0. The molecule has 3 aromatic rings. The number of fused-ring (bicyclic) bond motifs is 1. The number of anilines is 1. The van der Waals surface area contributed by atoms with Crippen LogP contribution in [-0.2, 0) is 0 Å². The zero-order chi connectivity index (χ0) is 19.1. The average molecular weight is 391 g/mol. The molecule has 9 heteroatoms. The molecular formula is C18H16F3N5S. The van der Waals surface area contributed by atoms with Crippen molar-refractivity contribution in [2.75, 3.05) is 12.4 Å². The third kappa shape index (κ3) is 3.17. The molecule has 2 atom stereocenters. The Hall–Kier alpha value is -2.52. The molecular weight excluding hydrogens is 375 g/mol. The second-order valence-corrected chi connectivity index (χ2v) is 7.35. The predicted molar refractivity (Wildman–Crippen MR) is 99.0 cm³/mol. The van der Waals surface area contributed by atoms with Gasteiger partial charge in [-0.25, -0.2) is 28.1 Å². The lowest BCUT2D eigenvalue weighted by Crippen LogP contribution is -2.31. The van der Waals surface area contributed by atoms with E-state index in [1.807, 2.05) is 6.08 Å². The van der Waals surface area contributed by atoms with Crippen LogP contribution < -0.4 is 11.1 Å². The number of nitrogens with zero attached hydrogens (tertiary/aromatic N) is 3. The van der Waals surface area contributed by atoms with E-state index in [9.17, 15) is 13.2 Å². The number of nitrogens with two attached hydrogens (primary N) is 1. The van der Waals surface area contributed by atoms with Crippen LogP contribution in [0.2, 0.25) is 0 Å². The van der Waals surface area contributed by atoms with E-state index in [4.69, 9.17) is 5.73 Å². The molecule has 0 fully saturated rings. The van der Waals surface area contributed by atoms with Gasteiger partial charge in [0.25, 0.3) is 0 Å². The molecule has 4 rings (SSSR count). The Morgan fingerprint density at radius 1 is 1.15 bits per heavy atom. The Kier molecular flexibility index (Phi) is 4.56. The number of nitrogens with one attached hydrogen (secondary N) is 1. The van der Waals surface area contributed by atoms with Gasteiger partial charge in [0.1, 0.15) is 27.5 Å². The molecule has 0 amide bonds. The second kappa shape index (κ2) is 6.90.